The zero-order valence-corrected chi connectivity index (χ0v) is 16.0. The van der Waals surface area contributed by atoms with E-state index in [1.807, 2.05) is 0 Å². The number of benzene rings is 2. The van der Waals surface area contributed by atoms with Crippen LogP contribution in [0.15, 0.2) is 48.5 Å². The number of rotatable bonds is 6. The summed E-state index contributed by atoms with van der Waals surface area (Å²) in [4.78, 5) is 16.8. The molecular weight excluding hydrogens is 343 g/mol. The summed E-state index contributed by atoms with van der Waals surface area (Å²) in [5, 5.41) is 0. The summed E-state index contributed by atoms with van der Waals surface area (Å²) in [6, 6.07) is 14.8. The van der Waals surface area contributed by atoms with Crippen LogP contribution in [-0.4, -0.2) is 43.7 Å². The van der Waals surface area contributed by atoms with Crippen LogP contribution in [0.5, 0.6) is 0 Å². The van der Waals surface area contributed by atoms with Gasteiger partial charge in [0.1, 0.15) is 12.4 Å². The second-order valence-corrected chi connectivity index (χ2v) is 7.17. The van der Waals surface area contributed by atoms with Crippen molar-refractivity contribution in [2.24, 2.45) is 0 Å². The lowest BCUT2D eigenvalue weighted by molar-refractivity contribution is -0.122. The number of nitrogens with zero attached hydrogens (tertiary/aromatic N) is 2. The van der Waals surface area contributed by atoms with Crippen LogP contribution in [0.25, 0.3) is 0 Å². The molecule has 2 aromatic rings. The average molecular weight is 370 g/mol. The van der Waals surface area contributed by atoms with Gasteiger partial charge in [-0.25, -0.2) is 4.39 Å². The van der Waals surface area contributed by atoms with Gasteiger partial charge in [-0.1, -0.05) is 29.8 Å². The number of halogens is 1. The maximum Gasteiger partial charge on any atom is 0.253 e. The number of amides is 1. The van der Waals surface area contributed by atoms with Crippen molar-refractivity contribution in [3.63, 3.8) is 0 Å². The average Bonchev–Trinajstić information content (AvgIpc) is 2.65. The van der Waals surface area contributed by atoms with Crippen LogP contribution in [-0.2, 0) is 16.1 Å². The van der Waals surface area contributed by atoms with Crippen LogP contribution in [0.2, 0.25) is 0 Å². The van der Waals surface area contributed by atoms with Crippen molar-refractivity contribution in [1.29, 1.82) is 0 Å². The first kappa shape index (κ1) is 19.5. The predicted octanol–water partition coefficient (Wildman–Crippen LogP) is 3.78. The maximum atomic E-state index is 13.3. The predicted molar refractivity (Wildman–Crippen MR) is 105 cm³/mol. The van der Waals surface area contributed by atoms with Gasteiger partial charge in [0.25, 0.3) is 5.91 Å². The van der Waals surface area contributed by atoms with E-state index in [0.717, 1.165) is 38.2 Å². The Hall–Kier alpha value is -2.24. The van der Waals surface area contributed by atoms with Gasteiger partial charge in [0, 0.05) is 38.5 Å². The molecule has 27 heavy (non-hydrogen) atoms. The van der Waals surface area contributed by atoms with E-state index in [4.69, 9.17) is 4.74 Å². The molecule has 0 unspecified atom stereocenters. The van der Waals surface area contributed by atoms with E-state index >= 15 is 0 Å². The van der Waals surface area contributed by atoms with Gasteiger partial charge in [-0.2, -0.15) is 0 Å². The Morgan fingerprint density at radius 2 is 1.89 bits per heavy atom. The summed E-state index contributed by atoms with van der Waals surface area (Å²) in [7, 11) is 1.52. The van der Waals surface area contributed by atoms with E-state index in [2.05, 4.69) is 36.1 Å². The molecule has 1 aliphatic rings. The molecule has 0 radical (unpaired) electrons. The van der Waals surface area contributed by atoms with Crippen molar-refractivity contribution in [3.8, 4) is 0 Å². The fourth-order valence-corrected chi connectivity index (χ4v) is 3.76. The maximum absolute atomic E-state index is 13.3. The highest BCUT2D eigenvalue weighted by atomic mass is 19.1. The summed E-state index contributed by atoms with van der Waals surface area (Å²) in [6.07, 6.45) is 1.78. The van der Waals surface area contributed by atoms with E-state index in [1.165, 1.54) is 30.4 Å². The molecule has 2 aromatic carbocycles. The van der Waals surface area contributed by atoms with Crippen LogP contribution < -0.4 is 4.90 Å². The number of methoxy groups -OCH3 is 1. The highest BCUT2D eigenvalue weighted by Crippen LogP contribution is 2.25. The molecule has 1 saturated heterocycles. The lowest BCUT2D eigenvalue weighted by atomic mass is 10.0. The van der Waals surface area contributed by atoms with Crippen LogP contribution in [0.4, 0.5) is 10.1 Å². The fraction of sp³-hybridized carbons (Fsp3) is 0.409. The zero-order chi connectivity index (χ0) is 19.2. The Labute approximate surface area is 160 Å². The molecule has 1 amide bonds. The Morgan fingerprint density at radius 3 is 2.52 bits per heavy atom. The highest BCUT2D eigenvalue weighted by molar-refractivity contribution is 5.94. The van der Waals surface area contributed by atoms with Gasteiger partial charge in [-0.15, -0.1) is 0 Å². The number of hydrogen-bond acceptors (Lipinski definition) is 3. The van der Waals surface area contributed by atoms with Crippen molar-refractivity contribution in [2.75, 3.05) is 31.7 Å². The number of ether oxygens (including phenoxy) is 1. The molecule has 144 valence electrons. The molecule has 1 fully saturated rings. The summed E-state index contributed by atoms with van der Waals surface area (Å²) < 4.78 is 18.3. The standard InChI is InChI=1S/C22H27FN2O2/c1-17-4-3-5-18(14-17)15-24-12-10-21(11-13-24)25(22(26)16-27-2)20-8-6-19(23)7-9-20/h3-9,14,21H,10-13,15-16H2,1-2H3. The number of aryl methyl sites for hydroxylation is 1. The second-order valence-electron chi connectivity index (χ2n) is 7.17. The van der Waals surface area contributed by atoms with Gasteiger partial charge in [-0.3, -0.25) is 9.69 Å². The lowest BCUT2D eigenvalue weighted by Gasteiger charge is -2.38. The Bertz CT molecular complexity index is 755. The SMILES string of the molecule is COCC(=O)N(c1ccc(F)cc1)C1CCN(Cc2cccc(C)c2)CC1. The smallest absolute Gasteiger partial charge is 0.253 e. The lowest BCUT2D eigenvalue weighted by Crippen LogP contribution is -2.48. The molecule has 0 atom stereocenters. The van der Waals surface area contributed by atoms with E-state index in [9.17, 15) is 9.18 Å². The number of anilines is 1. The quantitative estimate of drug-likeness (QED) is 0.776. The highest BCUT2D eigenvalue weighted by Gasteiger charge is 2.29. The third kappa shape index (κ3) is 5.15. The number of piperidine rings is 1. The first-order valence-corrected chi connectivity index (χ1v) is 9.41. The molecule has 0 saturated carbocycles. The summed E-state index contributed by atoms with van der Waals surface area (Å²) in [6.45, 7) is 4.92. The molecule has 5 heteroatoms. The van der Waals surface area contributed by atoms with Crippen molar-refractivity contribution in [1.82, 2.24) is 4.90 Å². The van der Waals surface area contributed by atoms with Crippen LogP contribution in [0.1, 0.15) is 24.0 Å². The minimum Gasteiger partial charge on any atom is -0.375 e. The van der Waals surface area contributed by atoms with Crippen molar-refractivity contribution >= 4 is 11.6 Å². The topological polar surface area (TPSA) is 32.8 Å². The van der Waals surface area contributed by atoms with Crippen molar-refractivity contribution in [2.45, 2.75) is 32.4 Å². The first-order valence-electron chi connectivity index (χ1n) is 9.41. The largest absolute Gasteiger partial charge is 0.375 e. The molecule has 1 heterocycles. The van der Waals surface area contributed by atoms with Gasteiger partial charge >= 0.3 is 0 Å². The molecule has 1 aliphatic heterocycles. The zero-order valence-electron chi connectivity index (χ0n) is 16.0. The molecule has 0 spiro atoms. The number of hydrogen-bond donors (Lipinski definition) is 0. The number of carbonyl (C=O) groups is 1. The number of carbonyl (C=O) groups excluding carboxylic acids is 1. The third-order valence-corrected chi connectivity index (χ3v) is 5.05. The van der Waals surface area contributed by atoms with Gasteiger partial charge in [0.05, 0.1) is 0 Å². The van der Waals surface area contributed by atoms with E-state index < -0.39 is 0 Å². The molecule has 0 aromatic heterocycles. The number of likely N-dealkylation sites (tertiary alicyclic amines) is 1. The van der Waals surface area contributed by atoms with Gasteiger partial charge in [0.15, 0.2) is 0 Å². The first-order chi connectivity index (χ1) is 13.1. The van der Waals surface area contributed by atoms with Crippen LogP contribution in [0.3, 0.4) is 0 Å². The molecule has 3 rings (SSSR count). The van der Waals surface area contributed by atoms with E-state index in [0.29, 0.717) is 0 Å². The van der Waals surface area contributed by atoms with Gasteiger partial charge in [0.2, 0.25) is 0 Å². The molecule has 0 bridgehead atoms. The minimum atomic E-state index is -0.300. The van der Waals surface area contributed by atoms with Crippen LogP contribution in [0, 0.1) is 12.7 Å². The molecular formula is C22H27FN2O2. The van der Waals surface area contributed by atoms with Crippen molar-refractivity contribution in [3.05, 3.63) is 65.5 Å². The minimum absolute atomic E-state index is 0.0287. The van der Waals surface area contributed by atoms with Crippen LogP contribution >= 0.6 is 0 Å². The molecule has 0 N–H and O–H groups in total. The second kappa shape index (κ2) is 9.11. The third-order valence-electron chi connectivity index (χ3n) is 5.05. The summed E-state index contributed by atoms with van der Waals surface area (Å²) in [5.41, 5.74) is 3.32. The Balaban J connectivity index is 1.66. The van der Waals surface area contributed by atoms with Gasteiger partial charge < -0.3 is 9.64 Å². The molecule has 4 nitrogen and oxygen atoms in total. The Kier molecular flexibility index (Phi) is 6.58. The van der Waals surface area contributed by atoms with E-state index in [1.54, 1.807) is 17.0 Å². The monoisotopic (exact) mass is 370 g/mol. The van der Waals surface area contributed by atoms with E-state index in [-0.39, 0.29) is 24.4 Å². The van der Waals surface area contributed by atoms with Gasteiger partial charge in [-0.05, 0) is 49.6 Å². The fourth-order valence-electron chi connectivity index (χ4n) is 3.76. The van der Waals surface area contributed by atoms with Crippen molar-refractivity contribution < 1.29 is 13.9 Å². The summed E-state index contributed by atoms with van der Waals surface area (Å²) >= 11 is 0. The molecule has 0 aliphatic carbocycles. The normalized spacial score (nSPS) is 15.7. The Morgan fingerprint density at radius 1 is 1.19 bits per heavy atom. The summed E-state index contributed by atoms with van der Waals surface area (Å²) in [5.74, 6) is -0.382.